The van der Waals surface area contributed by atoms with E-state index in [4.69, 9.17) is 0 Å². The largest absolute Gasteiger partial charge is 0.342 e. The van der Waals surface area contributed by atoms with Gasteiger partial charge in [-0.25, -0.2) is 9.97 Å². The van der Waals surface area contributed by atoms with Gasteiger partial charge in [-0.15, -0.1) is 0 Å². The van der Waals surface area contributed by atoms with E-state index >= 15 is 0 Å². The van der Waals surface area contributed by atoms with Crippen LogP contribution in [0.2, 0.25) is 0 Å². The standard InChI is InChI=1S/C16H14N4O3S/c1-8-3-4-15(24(21,22)23)10(5-8)16-19-13-6-11-12(7-14(13)20-16)18-9(2)17-11/h3-7H,1-2H3,(H,17,18)(H,19,20)(H,21,22,23). The van der Waals surface area contributed by atoms with Gasteiger partial charge in [-0.3, -0.25) is 4.55 Å². The van der Waals surface area contributed by atoms with E-state index in [0.717, 1.165) is 27.9 Å². The number of rotatable bonds is 2. The summed E-state index contributed by atoms with van der Waals surface area (Å²) in [6.07, 6.45) is 0. The van der Waals surface area contributed by atoms with E-state index in [-0.39, 0.29) is 4.90 Å². The summed E-state index contributed by atoms with van der Waals surface area (Å²) in [5.74, 6) is 1.19. The van der Waals surface area contributed by atoms with Gasteiger partial charge >= 0.3 is 0 Å². The van der Waals surface area contributed by atoms with Gasteiger partial charge in [-0.1, -0.05) is 11.6 Å². The lowest BCUT2D eigenvalue weighted by Gasteiger charge is -2.05. The number of aromatic amines is 2. The Hall–Kier alpha value is -2.71. The van der Waals surface area contributed by atoms with E-state index in [0.29, 0.717) is 16.9 Å². The van der Waals surface area contributed by atoms with Crippen molar-refractivity contribution in [3.63, 3.8) is 0 Å². The number of aryl methyl sites for hydroxylation is 2. The highest BCUT2D eigenvalue weighted by molar-refractivity contribution is 7.86. The topological polar surface area (TPSA) is 112 Å². The highest BCUT2D eigenvalue weighted by Crippen LogP contribution is 2.29. The third-order valence-electron chi connectivity index (χ3n) is 3.87. The molecule has 8 heteroatoms. The highest BCUT2D eigenvalue weighted by Gasteiger charge is 2.19. The van der Waals surface area contributed by atoms with Crippen molar-refractivity contribution >= 4 is 32.2 Å². The third kappa shape index (κ3) is 2.36. The molecule has 0 spiro atoms. The first-order chi connectivity index (χ1) is 11.3. The molecule has 0 fully saturated rings. The van der Waals surface area contributed by atoms with Gasteiger partial charge in [0.15, 0.2) is 0 Å². The molecule has 0 bridgehead atoms. The molecule has 3 N–H and O–H groups in total. The van der Waals surface area contributed by atoms with Crippen LogP contribution in [0.25, 0.3) is 33.5 Å². The number of hydrogen-bond donors (Lipinski definition) is 3. The second-order valence-electron chi connectivity index (χ2n) is 5.77. The molecule has 0 saturated heterocycles. The quantitative estimate of drug-likeness (QED) is 0.485. The molecule has 24 heavy (non-hydrogen) atoms. The fourth-order valence-electron chi connectivity index (χ4n) is 2.82. The smallest absolute Gasteiger partial charge is 0.295 e. The molecule has 2 heterocycles. The molecule has 0 unspecified atom stereocenters. The SMILES string of the molecule is Cc1ccc(S(=O)(=O)O)c(-c2nc3cc4[nH]c(C)nc4cc3[nH]2)c1. The van der Waals surface area contributed by atoms with Gasteiger partial charge in [-0.05, 0) is 38.1 Å². The Morgan fingerprint density at radius 2 is 1.62 bits per heavy atom. The van der Waals surface area contributed by atoms with Gasteiger partial charge in [-0.2, -0.15) is 8.42 Å². The van der Waals surface area contributed by atoms with Crippen LogP contribution in [-0.2, 0) is 10.1 Å². The number of benzene rings is 2. The summed E-state index contributed by atoms with van der Waals surface area (Å²) >= 11 is 0. The summed E-state index contributed by atoms with van der Waals surface area (Å²) in [6, 6.07) is 8.39. The molecule has 4 aromatic rings. The van der Waals surface area contributed by atoms with Gasteiger partial charge in [0, 0.05) is 5.56 Å². The molecule has 0 amide bonds. The van der Waals surface area contributed by atoms with E-state index in [1.165, 1.54) is 6.07 Å². The van der Waals surface area contributed by atoms with Crippen LogP contribution in [0.15, 0.2) is 35.2 Å². The third-order valence-corrected chi connectivity index (χ3v) is 4.78. The first-order valence-electron chi connectivity index (χ1n) is 7.26. The van der Waals surface area contributed by atoms with Crippen molar-refractivity contribution in [3.8, 4) is 11.4 Å². The number of H-pyrrole nitrogens is 2. The Balaban J connectivity index is 1.98. The summed E-state index contributed by atoms with van der Waals surface area (Å²) in [5, 5.41) is 0. The molecule has 122 valence electrons. The molecule has 0 saturated carbocycles. The maximum Gasteiger partial charge on any atom is 0.295 e. The van der Waals surface area contributed by atoms with Crippen LogP contribution in [-0.4, -0.2) is 32.9 Å². The van der Waals surface area contributed by atoms with Crippen LogP contribution >= 0.6 is 0 Å². The maximum absolute atomic E-state index is 11.6. The van der Waals surface area contributed by atoms with Crippen LogP contribution in [0.5, 0.6) is 0 Å². The normalized spacial score (nSPS) is 12.3. The average Bonchev–Trinajstić information content (AvgIpc) is 3.04. The minimum atomic E-state index is -4.35. The minimum absolute atomic E-state index is 0.174. The molecule has 0 aliphatic heterocycles. The second kappa shape index (κ2) is 4.89. The number of aromatic nitrogens is 4. The lowest BCUT2D eigenvalue weighted by Crippen LogP contribution is -2.01. The van der Waals surface area contributed by atoms with Crippen molar-refractivity contribution in [1.29, 1.82) is 0 Å². The lowest BCUT2D eigenvalue weighted by atomic mass is 10.1. The van der Waals surface area contributed by atoms with Crippen LogP contribution in [0.4, 0.5) is 0 Å². The predicted molar refractivity (Wildman–Crippen MR) is 90.5 cm³/mol. The van der Waals surface area contributed by atoms with Gasteiger partial charge in [0.2, 0.25) is 0 Å². The van der Waals surface area contributed by atoms with E-state index in [1.807, 2.05) is 26.0 Å². The first kappa shape index (κ1) is 14.9. The molecule has 0 aliphatic carbocycles. The number of imidazole rings is 2. The summed E-state index contributed by atoms with van der Waals surface area (Å²) < 4.78 is 32.7. The van der Waals surface area contributed by atoms with Crippen molar-refractivity contribution in [1.82, 2.24) is 19.9 Å². The highest BCUT2D eigenvalue weighted by atomic mass is 32.2. The maximum atomic E-state index is 11.6. The van der Waals surface area contributed by atoms with Gasteiger partial charge in [0.05, 0.1) is 22.1 Å². The molecule has 0 radical (unpaired) electrons. The molecule has 2 aromatic carbocycles. The van der Waals surface area contributed by atoms with Crippen molar-refractivity contribution in [2.45, 2.75) is 18.7 Å². The fourth-order valence-corrected chi connectivity index (χ4v) is 3.50. The monoisotopic (exact) mass is 342 g/mol. The molecule has 4 rings (SSSR count). The van der Waals surface area contributed by atoms with Crippen molar-refractivity contribution < 1.29 is 13.0 Å². The predicted octanol–water partition coefficient (Wildman–Crippen LogP) is 2.97. The van der Waals surface area contributed by atoms with Crippen molar-refractivity contribution in [3.05, 3.63) is 41.7 Å². The summed E-state index contributed by atoms with van der Waals surface area (Å²) in [7, 11) is -4.35. The zero-order chi connectivity index (χ0) is 17.1. The molecular formula is C16H14N4O3S. The second-order valence-corrected chi connectivity index (χ2v) is 7.16. The summed E-state index contributed by atoms with van der Waals surface area (Å²) in [4.78, 5) is 14.9. The Morgan fingerprint density at radius 1 is 0.958 bits per heavy atom. The van der Waals surface area contributed by atoms with Crippen LogP contribution in [0.1, 0.15) is 11.4 Å². The number of fused-ring (bicyclic) bond motifs is 2. The Bertz CT molecular complexity index is 1150. The van der Waals surface area contributed by atoms with E-state index < -0.39 is 10.1 Å². The van der Waals surface area contributed by atoms with Crippen molar-refractivity contribution in [2.75, 3.05) is 0 Å². The van der Waals surface area contributed by atoms with Crippen LogP contribution < -0.4 is 0 Å². The zero-order valence-corrected chi connectivity index (χ0v) is 13.8. The Morgan fingerprint density at radius 3 is 2.33 bits per heavy atom. The molecule has 2 aromatic heterocycles. The Labute approximate surface area is 137 Å². The van der Waals surface area contributed by atoms with E-state index in [2.05, 4.69) is 19.9 Å². The van der Waals surface area contributed by atoms with Crippen molar-refractivity contribution in [2.24, 2.45) is 0 Å². The van der Waals surface area contributed by atoms with Gasteiger partial charge in [0.25, 0.3) is 10.1 Å². The Kier molecular flexibility index (Phi) is 3.03. The molecular weight excluding hydrogens is 328 g/mol. The lowest BCUT2D eigenvalue weighted by molar-refractivity contribution is 0.483. The van der Waals surface area contributed by atoms with Crippen LogP contribution in [0.3, 0.4) is 0 Å². The number of hydrogen-bond acceptors (Lipinski definition) is 4. The number of nitrogens with one attached hydrogen (secondary N) is 2. The van der Waals surface area contributed by atoms with Crippen LogP contribution in [0, 0.1) is 13.8 Å². The average molecular weight is 342 g/mol. The molecule has 0 atom stereocenters. The van der Waals surface area contributed by atoms with Gasteiger partial charge < -0.3 is 9.97 Å². The summed E-state index contributed by atoms with van der Waals surface area (Å²) in [5.41, 5.74) is 4.28. The van der Waals surface area contributed by atoms with Gasteiger partial charge in [0.1, 0.15) is 16.5 Å². The fraction of sp³-hybridized carbons (Fsp3) is 0.125. The van der Waals surface area contributed by atoms with E-state index in [1.54, 1.807) is 12.1 Å². The minimum Gasteiger partial charge on any atom is -0.342 e. The first-order valence-corrected chi connectivity index (χ1v) is 8.70. The molecule has 0 aliphatic rings. The molecule has 7 nitrogen and oxygen atoms in total. The van der Waals surface area contributed by atoms with E-state index in [9.17, 15) is 13.0 Å². The number of nitrogens with zero attached hydrogens (tertiary/aromatic N) is 2. The zero-order valence-electron chi connectivity index (χ0n) is 13.0. The summed E-state index contributed by atoms with van der Waals surface area (Å²) in [6.45, 7) is 3.72.